The third kappa shape index (κ3) is 2.46. The minimum atomic E-state index is -0.334. The van der Waals surface area contributed by atoms with Crippen LogP contribution in [0.25, 0.3) is 28.2 Å². The average Bonchev–Trinajstić information content (AvgIpc) is 2.55. The van der Waals surface area contributed by atoms with Gasteiger partial charge in [-0.15, -0.1) is 0 Å². The monoisotopic (exact) mass is 278 g/mol. The lowest BCUT2D eigenvalue weighted by Gasteiger charge is -2.08. The van der Waals surface area contributed by atoms with E-state index in [0.717, 1.165) is 16.5 Å². The van der Waals surface area contributed by atoms with Crippen molar-refractivity contribution in [2.75, 3.05) is 7.11 Å². The van der Waals surface area contributed by atoms with Gasteiger partial charge in [-0.2, -0.15) is 0 Å². The van der Waals surface area contributed by atoms with Crippen LogP contribution in [0.1, 0.15) is 5.56 Å². The summed E-state index contributed by atoms with van der Waals surface area (Å²) in [6.45, 7) is 0. The summed E-state index contributed by atoms with van der Waals surface area (Å²) in [5.41, 5.74) is 1.35. The van der Waals surface area contributed by atoms with E-state index < -0.39 is 0 Å². The van der Waals surface area contributed by atoms with E-state index in [2.05, 4.69) is 0 Å². The van der Waals surface area contributed by atoms with Crippen LogP contribution in [-0.4, -0.2) is 7.11 Å². The van der Waals surface area contributed by atoms with Gasteiger partial charge >= 0.3 is 5.63 Å². The van der Waals surface area contributed by atoms with Crippen molar-refractivity contribution in [3.8, 4) is 11.3 Å². The molecule has 0 spiro atoms. The van der Waals surface area contributed by atoms with Gasteiger partial charge in [0, 0.05) is 16.5 Å². The first-order valence-electron chi connectivity index (χ1n) is 6.62. The van der Waals surface area contributed by atoms with Crippen LogP contribution in [-0.2, 0) is 4.74 Å². The Balaban J connectivity index is 2.38. The van der Waals surface area contributed by atoms with Gasteiger partial charge in [-0.1, -0.05) is 48.5 Å². The molecule has 3 rings (SSSR count). The van der Waals surface area contributed by atoms with Crippen LogP contribution in [0.5, 0.6) is 0 Å². The Kier molecular flexibility index (Phi) is 3.56. The van der Waals surface area contributed by atoms with E-state index in [-0.39, 0.29) is 5.63 Å². The van der Waals surface area contributed by atoms with Gasteiger partial charge in [0.05, 0.1) is 18.8 Å². The molecule has 3 aromatic rings. The predicted molar refractivity (Wildman–Crippen MR) is 84.0 cm³/mol. The fourth-order valence-electron chi connectivity index (χ4n) is 2.33. The molecule has 3 nitrogen and oxygen atoms in total. The Morgan fingerprint density at radius 2 is 1.62 bits per heavy atom. The maximum Gasteiger partial charge on any atom is 0.344 e. The molecule has 0 unspecified atom stereocenters. The maximum atomic E-state index is 12.2. The Hall–Kier alpha value is -2.81. The van der Waals surface area contributed by atoms with Crippen molar-refractivity contribution in [1.29, 1.82) is 0 Å². The molecule has 0 N–H and O–H groups in total. The lowest BCUT2D eigenvalue weighted by molar-refractivity contribution is 0.341. The summed E-state index contributed by atoms with van der Waals surface area (Å²) >= 11 is 0. The van der Waals surface area contributed by atoms with Crippen molar-refractivity contribution in [1.82, 2.24) is 0 Å². The van der Waals surface area contributed by atoms with Crippen LogP contribution in [0, 0.1) is 0 Å². The van der Waals surface area contributed by atoms with Crippen LogP contribution < -0.4 is 5.63 Å². The van der Waals surface area contributed by atoms with Crippen molar-refractivity contribution in [2.45, 2.75) is 0 Å². The van der Waals surface area contributed by atoms with Gasteiger partial charge in [0.25, 0.3) is 0 Å². The minimum Gasteiger partial charge on any atom is -0.504 e. The van der Waals surface area contributed by atoms with Crippen molar-refractivity contribution < 1.29 is 9.15 Å². The molecule has 0 radical (unpaired) electrons. The first-order valence-corrected chi connectivity index (χ1v) is 6.62. The smallest absolute Gasteiger partial charge is 0.344 e. The normalized spacial score (nSPS) is 11.1. The third-order valence-electron chi connectivity index (χ3n) is 3.28. The van der Waals surface area contributed by atoms with Gasteiger partial charge in [-0.3, -0.25) is 0 Å². The molecule has 1 heterocycles. The molecule has 3 heteroatoms. The highest BCUT2D eigenvalue weighted by molar-refractivity contribution is 5.94. The summed E-state index contributed by atoms with van der Waals surface area (Å²) in [7, 11) is 1.58. The largest absolute Gasteiger partial charge is 0.504 e. The number of benzene rings is 2. The molecular weight excluding hydrogens is 264 g/mol. The Labute approximate surface area is 122 Å². The molecule has 0 saturated heterocycles. The van der Waals surface area contributed by atoms with E-state index in [1.807, 2.05) is 54.6 Å². The summed E-state index contributed by atoms with van der Waals surface area (Å²) in [6.07, 6.45) is 3.39. The molecule has 0 atom stereocenters. The number of hydrogen-bond donors (Lipinski definition) is 0. The number of methoxy groups -OCH3 is 1. The number of rotatable bonds is 3. The summed E-state index contributed by atoms with van der Waals surface area (Å²) in [5.74, 6) is 0.549. The molecule has 0 saturated carbocycles. The second-order valence-electron chi connectivity index (χ2n) is 4.58. The highest BCUT2D eigenvalue weighted by atomic mass is 16.5. The second-order valence-corrected chi connectivity index (χ2v) is 4.58. The molecule has 0 aliphatic rings. The molecule has 0 amide bonds. The van der Waals surface area contributed by atoms with Crippen LogP contribution in [0.15, 0.2) is 70.1 Å². The second kappa shape index (κ2) is 5.67. The van der Waals surface area contributed by atoms with Gasteiger partial charge in [-0.05, 0) is 12.1 Å². The SMILES string of the molecule is CO/C=C/c1c(-c2ccccc2)oc(=O)c2ccccc12. The zero-order chi connectivity index (χ0) is 14.7. The fraction of sp³-hybridized carbons (Fsp3) is 0.0556. The minimum absolute atomic E-state index is 0.334. The van der Waals surface area contributed by atoms with Gasteiger partial charge in [0.1, 0.15) is 5.76 Å². The third-order valence-corrected chi connectivity index (χ3v) is 3.28. The van der Waals surface area contributed by atoms with E-state index in [9.17, 15) is 4.79 Å². The summed E-state index contributed by atoms with van der Waals surface area (Å²) < 4.78 is 10.6. The highest BCUT2D eigenvalue weighted by Gasteiger charge is 2.13. The van der Waals surface area contributed by atoms with Crippen LogP contribution in [0.3, 0.4) is 0 Å². The first kappa shape index (κ1) is 13.2. The van der Waals surface area contributed by atoms with E-state index in [1.165, 1.54) is 0 Å². The molecule has 2 aromatic carbocycles. The Morgan fingerprint density at radius 1 is 0.952 bits per heavy atom. The molecule has 0 aliphatic carbocycles. The summed E-state index contributed by atoms with van der Waals surface area (Å²) in [6, 6.07) is 17.0. The number of ether oxygens (including phenoxy) is 1. The Bertz CT molecular complexity index is 845. The lowest BCUT2D eigenvalue weighted by atomic mass is 10.0. The maximum absolute atomic E-state index is 12.2. The topological polar surface area (TPSA) is 39.4 Å². The number of fused-ring (bicyclic) bond motifs is 1. The van der Waals surface area contributed by atoms with E-state index in [0.29, 0.717) is 11.1 Å². The van der Waals surface area contributed by atoms with Gasteiger partial charge in [0.2, 0.25) is 0 Å². The highest BCUT2D eigenvalue weighted by Crippen LogP contribution is 2.29. The van der Waals surface area contributed by atoms with Crippen molar-refractivity contribution in [2.24, 2.45) is 0 Å². The van der Waals surface area contributed by atoms with E-state index >= 15 is 0 Å². The number of hydrogen-bond acceptors (Lipinski definition) is 3. The Morgan fingerprint density at radius 3 is 2.33 bits per heavy atom. The standard InChI is InChI=1S/C18H14O3/c1-20-12-11-15-14-9-5-6-10-16(14)18(19)21-17(15)13-7-3-2-4-8-13/h2-12H,1H3/b12-11+. The molecule has 0 aliphatic heterocycles. The molecule has 104 valence electrons. The molecule has 1 aromatic heterocycles. The summed E-state index contributed by atoms with van der Waals surface area (Å²) in [4.78, 5) is 12.2. The fourth-order valence-corrected chi connectivity index (χ4v) is 2.33. The molecular formula is C18H14O3. The average molecular weight is 278 g/mol. The van der Waals surface area contributed by atoms with Gasteiger partial charge < -0.3 is 9.15 Å². The van der Waals surface area contributed by atoms with Crippen LogP contribution in [0.2, 0.25) is 0 Å². The van der Waals surface area contributed by atoms with Crippen molar-refractivity contribution in [3.05, 3.63) is 76.8 Å². The molecule has 0 bridgehead atoms. The predicted octanol–water partition coefficient (Wildman–Crippen LogP) is 4.08. The zero-order valence-electron chi connectivity index (χ0n) is 11.6. The lowest BCUT2D eigenvalue weighted by Crippen LogP contribution is -2.02. The van der Waals surface area contributed by atoms with E-state index in [4.69, 9.17) is 9.15 Å². The van der Waals surface area contributed by atoms with Gasteiger partial charge in [0.15, 0.2) is 0 Å². The molecule has 0 fully saturated rings. The quantitative estimate of drug-likeness (QED) is 0.678. The van der Waals surface area contributed by atoms with E-state index in [1.54, 1.807) is 19.4 Å². The molecule has 21 heavy (non-hydrogen) atoms. The summed E-state index contributed by atoms with van der Waals surface area (Å²) in [5, 5.41) is 1.41. The van der Waals surface area contributed by atoms with Gasteiger partial charge in [-0.25, -0.2) is 4.79 Å². The van der Waals surface area contributed by atoms with Crippen molar-refractivity contribution >= 4 is 16.8 Å². The van der Waals surface area contributed by atoms with Crippen molar-refractivity contribution in [3.63, 3.8) is 0 Å². The first-order chi connectivity index (χ1) is 10.3. The van der Waals surface area contributed by atoms with Crippen LogP contribution >= 0.6 is 0 Å². The van der Waals surface area contributed by atoms with Crippen LogP contribution in [0.4, 0.5) is 0 Å². The zero-order valence-corrected chi connectivity index (χ0v) is 11.6.